The zero-order valence-electron chi connectivity index (χ0n) is 22.6. The van der Waals surface area contributed by atoms with Crippen molar-refractivity contribution in [2.24, 2.45) is 11.3 Å². The molecule has 0 radical (unpaired) electrons. The first-order valence-corrected chi connectivity index (χ1v) is 14.2. The van der Waals surface area contributed by atoms with Crippen LogP contribution in [0.5, 0.6) is 5.75 Å². The van der Waals surface area contributed by atoms with Crippen molar-refractivity contribution < 1.29 is 14.3 Å². The highest BCUT2D eigenvalue weighted by Crippen LogP contribution is 2.48. The molecule has 1 aliphatic carbocycles. The summed E-state index contributed by atoms with van der Waals surface area (Å²) in [5.41, 5.74) is 2.12. The minimum Gasteiger partial charge on any atom is -0.497 e. The minimum atomic E-state index is -0.569. The summed E-state index contributed by atoms with van der Waals surface area (Å²) in [6, 6.07) is 7.19. The Kier molecular flexibility index (Phi) is 9.64. The van der Waals surface area contributed by atoms with E-state index < -0.39 is 6.04 Å². The van der Waals surface area contributed by atoms with Gasteiger partial charge in [0.05, 0.1) is 19.1 Å². The molecule has 1 unspecified atom stereocenters. The largest absolute Gasteiger partial charge is 0.497 e. The van der Waals surface area contributed by atoms with Gasteiger partial charge in [-0.05, 0) is 49.3 Å². The average Bonchev–Trinajstić information content (AvgIpc) is 3.43. The van der Waals surface area contributed by atoms with E-state index in [4.69, 9.17) is 4.74 Å². The summed E-state index contributed by atoms with van der Waals surface area (Å²) in [4.78, 5) is 35.8. The van der Waals surface area contributed by atoms with Gasteiger partial charge in [-0.1, -0.05) is 57.6 Å². The number of H-pyrrole nitrogens is 1. The maximum atomic E-state index is 13.8. The molecule has 1 aromatic carbocycles. The Labute approximate surface area is 221 Å². The van der Waals surface area contributed by atoms with E-state index in [0.717, 1.165) is 36.0 Å². The van der Waals surface area contributed by atoms with Crippen LogP contribution < -0.4 is 10.1 Å². The van der Waals surface area contributed by atoms with E-state index in [1.807, 2.05) is 29.2 Å². The van der Waals surface area contributed by atoms with Crippen LogP contribution in [0.4, 0.5) is 0 Å². The fraction of sp³-hybridized carbons (Fsp3) is 0.633. The molecule has 2 amide bonds. The van der Waals surface area contributed by atoms with Gasteiger partial charge in [-0.3, -0.25) is 9.59 Å². The van der Waals surface area contributed by atoms with Gasteiger partial charge in [0.15, 0.2) is 0 Å². The lowest BCUT2D eigenvalue weighted by molar-refractivity contribution is -0.153. The number of carbonyl (C=O) groups excluding carboxylic acids is 2. The van der Waals surface area contributed by atoms with Crippen LogP contribution in [-0.2, 0) is 22.4 Å². The van der Waals surface area contributed by atoms with Gasteiger partial charge in [0.2, 0.25) is 11.8 Å². The first-order valence-electron chi connectivity index (χ1n) is 14.2. The third-order valence-corrected chi connectivity index (χ3v) is 8.47. The number of hydrogen-bond donors (Lipinski definition) is 2. The standard InChI is InChI=1S/C30H44N4O3/c1-3-4-8-17-30(24-9-6-5-7-10-24)20-34(21-30)29(36)27(18-23-11-14-26(37-2)15-12-23)33-28(35)16-13-25-19-31-22-32-25/h11-12,14-15,19,22,24,27H,3-10,13,16-18,20-21H2,1-2H3,(H,31,32)(H,33,35). The number of rotatable bonds is 13. The summed E-state index contributed by atoms with van der Waals surface area (Å²) in [6.07, 6.45) is 16.3. The smallest absolute Gasteiger partial charge is 0.245 e. The van der Waals surface area contributed by atoms with Gasteiger partial charge >= 0.3 is 0 Å². The van der Waals surface area contributed by atoms with E-state index in [0.29, 0.717) is 19.3 Å². The molecule has 1 aromatic heterocycles. The topological polar surface area (TPSA) is 87.3 Å². The Morgan fingerprint density at radius 1 is 1.16 bits per heavy atom. The summed E-state index contributed by atoms with van der Waals surface area (Å²) in [6.45, 7) is 3.92. The monoisotopic (exact) mass is 508 g/mol. The van der Waals surface area contributed by atoms with Crippen molar-refractivity contribution in [2.45, 2.75) is 90.0 Å². The molecule has 7 heteroatoms. The quantitative estimate of drug-likeness (QED) is 0.370. The number of nitrogens with zero attached hydrogens (tertiary/aromatic N) is 2. The number of hydrogen-bond acceptors (Lipinski definition) is 4. The Morgan fingerprint density at radius 2 is 1.92 bits per heavy atom. The van der Waals surface area contributed by atoms with Crippen molar-refractivity contribution in [3.05, 3.63) is 48.0 Å². The second kappa shape index (κ2) is 13.1. The van der Waals surface area contributed by atoms with Crippen molar-refractivity contribution >= 4 is 11.8 Å². The number of ether oxygens (including phenoxy) is 1. The molecule has 2 N–H and O–H groups in total. The molecule has 7 nitrogen and oxygen atoms in total. The number of carbonyl (C=O) groups is 2. The van der Waals surface area contributed by atoms with Gasteiger partial charge in [0, 0.05) is 37.5 Å². The van der Waals surface area contributed by atoms with Crippen LogP contribution in [0.15, 0.2) is 36.8 Å². The third kappa shape index (κ3) is 7.14. The van der Waals surface area contributed by atoms with Gasteiger partial charge in [0.1, 0.15) is 11.8 Å². The number of benzene rings is 1. The summed E-state index contributed by atoms with van der Waals surface area (Å²) in [7, 11) is 1.64. The van der Waals surface area contributed by atoms with Crippen molar-refractivity contribution in [3.63, 3.8) is 0 Å². The Morgan fingerprint density at radius 3 is 2.57 bits per heavy atom. The van der Waals surface area contributed by atoms with Crippen LogP contribution in [0.3, 0.4) is 0 Å². The number of imidazole rings is 1. The maximum absolute atomic E-state index is 13.8. The number of amides is 2. The molecule has 2 aromatic rings. The first kappa shape index (κ1) is 27.2. The maximum Gasteiger partial charge on any atom is 0.245 e. The normalized spacial score (nSPS) is 18.2. The zero-order chi connectivity index (χ0) is 26.1. The highest BCUT2D eigenvalue weighted by Gasteiger charge is 2.50. The van der Waals surface area contributed by atoms with Gasteiger partial charge in [-0.25, -0.2) is 4.98 Å². The zero-order valence-corrected chi connectivity index (χ0v) is 22.6. The second-order valence-electron chi connectivity index (χ2n) is 11.1. The van der Waals surface area contributed by atoms with E-state index in [1.165, 1.54) is 57.8 Å². The van der Waals surface area contributed by atoms with Crippen molar-refractivity contribution in [1.29, 1.82) is 0 Å². The van der Waals surface area contributed by atoms with E-state index in [9.17, 15) is 9.59 Å². The number of aromatic amines is 1. The number of unbranched alkanes of at least 4 members (excludes halogenated alkanes) is 2. The lowest BCUT2D eigenvalue weighted by atomic mass is 9.61. The van der Waals surface area contributed by atoms with E-state index >= 15 is 0 Å². The molecule has 1 aliphatic heterocycles. The predicted molar refractivity (Wildman–Crippen MR) is 145 cm³/mol. The second-order valence-corrected chi connectivity index (χ2v) is 11.1. The highest BCUT2D eigenvalue weighted by molar-refractivity contribution is 5.88. The number of nitrogens with one attached hydrogen (secondary N) is 2. The lowest BCUT2D eigenvalue weighted by Gasteiger charge is -2.56. The Bertz CT molecular complexity index is 977. The van der Waals surface area contributed by atoms with E-state index in [2.05, 4.69) is 22.2 Å². The molecular formula is C30H44N4O3. The Balaban J connectivity index is 1.43. The van der Waals surface area contributed by atoms with Crippen LogP contribution in [-0.4, -0.2) is 52.9 Å². The molecule has 1 atom stereocenters. The molecular weight excluding hydrogens is 464 g/mol. The summed E-state index contributed by atoms with van der Waals surface area (Å²) in [5, 5.41) is 3.07. The van der Waals surface area contributed by atoms with Gasteiger partial charge in [-0.2, -0.15) is 0 Å². The fourth-order valence-corrected chi connectivity index (χ4v) is 6.29. The molecule has 0 spiro atoms. The van der Waals surface area contributed by atoms with E-state index in [-0.39, 0.29) is 17.2 Å². The fourth-order valence-electron chi connectivity index (χ4n) is 6.29. The van der Waals surface area contributed by atoms with E-state index in [1.54, 1.807) is 19.6 Å². The average molecular weight is 509 g/mol. The van der Waals surface area contributed by atoms with Crippen molar-refractivity contribution in [3.8, 4) is 5.75 Å². The van der Waals surface area contributed by atoms with Crippen LogP contribution in [0.25, 0.3) is 0 Å². The molecule has 1 saturated carbocycles. The molecule has 37 heavy (non-hydrogen) atoms. The molecule has 2 heterocycles. The van der Waals surface area contributed by atoms with Crippen molar-refractivity contribution in [2.75, 3.05) is 20.2 Å². The van der Waals surface area contributed by atoms with Crippen LogP contribution in [0.2, 0.25) is 0 Å². The molecule has 4 rings (SSSR count). The molecule has 202 valence electrons. The Hall–Kier alpha value is -2.83. The third-order valence-electron chi connectivity index (χ3n) is 8.47. The predicted octanol–water partition coefficient (Wildman–Crippen LogP) is 5.07. The highest BCUT2D eigenvalue weighted by atomic mass is 16.5. The van der Waals surface area contributed by atoms with Crippen LogP contribution >= 0.6 is 0 Å². The van der Waals surface area contributed by atoms with Gasteiger partial charge in [0.25, 0.3) is 0 Å². The summed E-state index contributed by atoms with van der Waals surface area (Å²) in [5.74, 6) is 1.44. The number of methoxy groups -OCH3 is 1. The number of likely N-dealkylation sites (tertiary alicyclic amines) is 1. The SMILES string of the molecule is CCCCCC1(C2CCCCC2)CN(C(=O)C(Cc2ccc(OC)cc2)NC(=O)CCc2c[nH]cn2)C1. The number of aromatic nitrogens is 2. The molecule has 2 fully saturated rings. The minimum absolute atomic E-state index is 0.0471. The molecule has 1 saturated heterocycles. The number of aryl methyl sites for hydroxylation is 1. The van der Waals surface area contributed by atoms with Crippen LogP contribution in [0, 0.1) is 11.3 Å². The lowest BCUT2D eigenvalue weighted by Crippen LogP contribution is -2.65. The van der Waals surface area contributed by atoms with Crippen molar-refractivity contribution in [1.82, 2.24) is 20.2 Å². The summed E-state index contributed by atoms with van der Waals surface area (Å²) < 4.78 is 5.29. The van der Waals surface area contributed by atoms with Gasteiger partial charge < -0.3 is 19.9 Å². The first-order chi connectivity index (χ1) is 18.0. The molecule has 2 aliphatic rings. The summed E-state index contributed by atoms with van der Waals surface area (Å²) >= 11 is 0. The van der Waals surface area contributed by atoms with Crippen LogP contribution in [0.1, 0.15) is 82.4 Å². The van der Waals surface area contributed by atoms with Gasteiger partial charge in [-0.15, -0.1) is 0 Å². The molecule has 0 bridgehead atoms.